The maximum atomic E-state index is 4.66. The minimum atomic E-state index is 1.18. The Morgan fingerprint density at radius 2 is 0.825 bits per heavy atom. The zero-order valence-corrected chi connectivity index (χ0v) is 21.7. The number of hydrogen-bond acceptors (Lipinski definition) is 1. The molecule has 1 aliphatic rings. The van der Waals surface area contributed by atoms with Gasteiger partial charge in [-0.25, -0.2) is 0 Å². The molecule has 184 valence electrons. The summed E-state index contributed by atoms with van der Waals surface area (Å²) in [6.45, 7) is 0. The van der Waals surface area contributed by atoms with Gasteiger partial charge in [0.1, 0.15) is 0 Å². The predicted molar refractivity (Wildman–Crippen MR) is 170 cm³/mol. The number of aromatic nitrogens is 1. The van der Waals surface area contributed by atoms with E-state index in [2.05, 4.69) is 139 Å². The van der Waals surface area contributed by atoms with Crippen molar-refractivity contribution in [1.82, 2.24) is 4.98 Å². The summed E-state index contributed by atoms with van der Waals surface area (Å²) in [5.74, 6) is 0. The highest BCUT2D eigenvalue weighted by molar-refractivity contribution is 6.27. The zero-order valence-electron chi connectivity index (χ0n) is 21.7. The summed E-state index contributed by atoms with van der Waals surface area (Å²) in [5.41, 5.74) is 10.3. The Hall–Kier alpha value is -5.27. The topological polar surface area (TPSA) is 12.9 Å². The van der Waals surface area contributed by atoms with Gasteiger partial charge in [0.15, 0.2) is 0 Å². The van der Waals surface area contributed by atoms with Gasteiger partial charge in [0, 0.05) is 17.8 Å². The molecule has 0 radical (unpaired) electrons. The second-order valence-corrected chi connectivity index (χ2v) is 10.7. The lowest BCUT2D eigenvalue weighted by atomic mass is 9.84. The standard InChI is InChI=1S/C39H23N/c1-2-11-25-24(9-1)10-7-16-28(25)37-30-14-5-6-15-31(30)39(36-23-40-22-21-35(36)37)34-20-19-33-27-13-4-3-12-26(27)29-17-8-18-32(34)38(29)33/h1-23H. The van der Waals surface area contributed by atoms with Crippen molar-refractivity contribution in [1.29, 1.82) is 0 Å². The van der Waals surface area contributed by atoms with Gasteiger partial charge >= 0.3 is 0 Å². The molecule has 0 atom stereocenters. The normalized spacial score (nSPS) is 12.0. The van der Waals surface area contributed by atoms with Gasteiger partial charge in [0.05, 0.1) is 0 Å². The SMILES string of the molecule is c1ccc2c(c1)-c1cccc3c(-c4c5ccccc5c(-c5cccc6ccccc56)c5ccncc45)ccc-2c13. The van der Waals surface area contributed by atoms with Crippen LogP contribution in [0, 0.1) is 0 Å². The molecular formula is C39H23N. The van der Waals surface area contributed by atoms with Crippen LogP contribution in [0.15, 0.2) is 140 Å². The predicted octanol–water partition coefficient (Wildman–Crippen LogP) is 10.7. The number of fused-ring (bicyclic) bond motifs is 6. The first-order valence-electron chi connectivity index (χ1n) is 13.8. The van der Waals surface area contributed by atoms with Crippen LogP contribution in [-0.2, 0) is 0 Å². The molecule has 0 spiro atoms. The molecule has 8 aromatic rings. The van der Waals surface area contributed by atoms with Crippen LogP contribution in [0.1, 0.15) is 0 Å². The van der Waals surface area contributed by atoms with Crippen LogP contribution in [0.4, 0.5) is 0 Å². The molecule has 0 N–H and O–H groups in total. The number of hydrogen-bond donors (Lipinski definition) is 0. The van der Waals surface area contributed by atoms with E-state index in [1.54, 1.807) is 0 Å². The molecule has 0 saturated heterocycles. The highest BCUT2D eigenvalue weighted by atomic mass is 14.6. The van der Waals surface area contributed by atoms with Crippen molar-refractivity contribution in [2.75, 3.05) is 0 Å². The van der Waals surface area contributed by atoms with E-state index in [-0.39, 0.29) is 0 Å². The molecule has 40 heavy (non-hydrogen) atoms. The summed E-state index contributed by atoms with van der Waals surface area (Å²) in [5, 5.41) is 10.1. The van der Waals surface area contributed by atoms with Crippen LogP contribution in [0.2, 0.25) is 0 Å². The van der Waals surface area contributed by atoms with Crippen molar-refractivity contribution in [3.05, 3.63) is 140 Å². The monoisotopic (exact) mass is 505 g/mol. The average Bonchev–Trinajstić information content (AvgIpc) is 3.35. The summed E-state index contributed by atoms with van der Waals surface area (Å²) in [6.07, 6.45) is 3.99. The van der Waals surface area contributed by atoms with Crippen molar-refractivity contribution in [2.45, 2.75) is 0 Å². The molecule has 1 aromatic heterocycles. The molecule has 0 unspecified atom stereocenters. The van der Waals surface area contributed by atoms with E-state index in [0.717, 1.165) is 0 Å². The lowest BCUT2D eigenvalue weighted by Gasteiger charge is -2.19. The van der Waals surface area contributed by atoms with Gasteiger partial charge in [0.2, 0.25) is 0 Å². The van der Waals surface area contributed by atoms with E-state index in [0.29, 0.717) is 0 Å². The molecule has 0 fully saturated rings. The van der Waals surface area contributed by atoms with Gasteiger partial charge in [-0.2, -0.15) is 0 Å². The van der Waals surface area contributed by atoms with Crippen molar-refractivity contribution in [3.8, 4) is 44.5 Å². The Balaban J connectivity index is 1.44. The maximum Gasteiger partial charge on any atom is 0.0353 e. The Kier molecular flexibility index (Phi) is 4.39. The van der Waals surface area contributed by atoms with Gasteiger partial charge in [-0.3, -0.25) is 4.98 Å². The van der Waals surface area contributed by atoms with E-state index in [1.807, 2.05) is 6.20 Å². The van der Waals surface area contributed by atoms with Gasteiger partial charge in [0.25, 0.3) is 0 Å². The van der Waals surface area contributed by atoms with E-state index in [4.69, 9.17) is 0 Å². The molecular weight excluding hydrogens is 482 g/mol. The fourth-order valence-corrected chi connectivity index (χ4v) is 7.07. The van der Waals surface area contributed by atoms with Gasteiger partial charge in [-0.1, -0.05) is 121 Å². The average molecular weight is 506 g/mol. The highest BCUT2D eigenvalue weighted by Crippen LogP contribution is 2.51. The molecule has 0 bridgehead atoms. The largest absolute Gasteiger partial charge is 0.264 e. The molecule has 1 nitrogen and oxygen atoms in total. The van der Waals surface area contributed by atoms with Crippen molar-refractivity contribution in [3.63, 3.8) is 0 Å². The van der Waals surface area contributed by atoms with E-state index >= 15 is 0 Å². The van der Waals surface area contributed by atoms with E-state index in [1.165, 1.54) is 87.6 Å². The lowest BCUT2D eigenvalue weighted by Crippen LogP contribution is -1.93. The molecule has 0 saturated carbocycles. The number of pyridine rings is 1. The van der Waals surface area contributed by atoms with Crippen molar-refractivity contribution in [2.24, 2.45) is 0 Å². The first-order chi connectivity index (χ1) is 19.9. The van der Waals surface area contributed by atoms with Gasteiger partial charge < -0.3 is 0 Å². The number of rotatable bonds is 2. The summed E-state index contributed by atoms with van der Waals surface area (Å²) in [4.78, 5) is 4.66. The quantitative estimate of drug-likeness (QED) is 0.213. The van der Waals surface area contributed by atoms with Crippen LogP contribution < -0.4 is 0 Å². The highest BCUT2D eigenvalue weighted by Gasteiger charge is 2.24. The first kappa shape index (κ1) is 21.6. The Labute approximate surface area is 232 Å². The Morgan fingerprint density at radius 3 is 1.65 bits per heavy atom. The zero-order chi connectivity index (χ0) is 26.2. The van der Waals surface area contributed by atoms with Crippen molar-refractivity contribution < 1.29 is 0 Å². The van der Waals surface area contributed by atoms with Crippen molar-refractivity contribution >= 4 is 43.1 Å². The van der Waals surface area contributed by atoms with Crippen LogP contribution in [0.5, 0.6) is 0 Å². The van der Waals surface area contributed by atoms with Crippen LogP contribution >= 0.6 is 0 Å². The summed E-state index contributed by atoms with van der Waals surface area (Å²) in [7, 11) is 0. The van der Waals surface area contributed by atoms with Crippen LogP contribution in [0.25, 0.3) is 87.6 Å². The molecule has 1 heterocycles. The fraction of sp³-hybridized carbons (Fsp3) is 0. The molecule has 7 aromatic carbocycles. The van der Waals surface area contributed by atoms with E-state index in [9.17, 15) is 0 Å². The third kappa shape index (κ3) is 2.84. The fourth-order valence-electron chi connectivity index (χ4n) is 7.07. The molecule has 1 aliphatic carbocycles. The summed E-state index contributed by atoms with van der Waals surface area (Å²) < 4.78 is 0. The first-order valence-corrected chi connectivity index (χ1v) is 13.8. The second kappa shape index (κ2) is 8.11. The summed E-state index contributed by atoms with van der Waals surface area (Å²) in [6, 6.07) is 46.6. The molecule has 1 heteroatoms. The van der Waals surface area contributed by atoms with Gasteiger partial charge in [-0.05, 0) is 88.3 Å². The number of benzene rings is 7. The third-order valence-corrected chi connectivity index (χ3v) is 8.70. The second-order valence-electron chi connectivity index (χ2n) is 10.7. The molecule has 0 aliphatic heterocycles. The Bertz CT molecular complexity index is 2230. The summed E-state index contributed by atoms with van der Waals surface area (Å²) >= 11 is 0. The molecule has 9 rings (SSSR count). The van der Waals surface area contributed by atoms with Crippen LogP contribution in [-0.4, -0.2) is 4.98 Å². The Morgan fingerprint density at radius 1 is 0.325 bits per heavy atom. The minimum absolute atomic E-state index is 1.18. The molecule has 0 amide bonds. The van der Waals surface area contributed by atoms with Crippen LogP contribution in [0.3, 0.4) is 0 Å². The number of nitrogens with zero attached hydrogens (tertiary/aromatic N) is 1. The van der Waals surface area contributed by atoms with E-state index < -0.39 is 0 Å². The lowest BCUT2D eigenvalue weighted by molar-refractivity contribution is 1.37. The minimum Gasteiger partial charge on any atom is -0.264 e. The van der Waals surface area contributed by atoms with Gasteiger partial charge in [-0.15, -0.1) is 0 Å². The smallest absolute Gasteiger partial charge is 0.0353 e. The third-order valence-electron chi connectivity index (χ3n) is 8.70. The maximum absolute atomic E-state index is 4.66.